The molecule has 1 unspecified atom stereocenters. The van der Waals surface area contributed by atoms with Crippen molar-refractivity contribution in [1.82, 2.24) is 0 Å². The fraction of sp³-hybridized carbons (Fsp3) is 0.172. The molecule has 1 amide bonds. The summed E-state index contributed by atoms with van der Waals surface area (Å²) in [5, 5.41) is 11.8. The highest BCUT2D eigenvalue weighted by Crippen LogP contribution is 2.51. The summed E-state index contributed by atoms with van der Waals surface area (Å²) in [7, 11) is 0. The summed E-state index contributed by atoms with van der Waals surface area (Å²) in [5.41, 5.74) is 1.85. The standard InChI is InChI=1S/C29H22F3NO4S/c1-16(20-10-8-19(30)14-23(20)31)37-28(36)33-24-15-25(32)38-26(24)22-13-18(29(11-12-29)27(34)35)7-9-21(22)17-5-3-2-4-6-17/h2-10,13-16H,11-12H2,1H3,(H,33,36)(H,34,35). The smallest absolute Gasteiger partial charge is 0.412 e. The van der Waals surface area contributed by atoms with Crippen molar-refractivity contribution in [2.75, 3.05) is 5.32 Å². The van der Waals surface area contributed by atoms with Crippen molar-refractivity contribution in [2.45, 2.75) is 31.3 Å². The van der Waals surface area contributed by atoms with E-state index in [1.165, 1.54) is 13.0 Å². The number of aliphatic carboxylic acids is 1. The molecule has 0 spiro atoms. The zero-order chi connectivity index (χ0) is 27.0. The second-order valence-corrected chi connectivity index (χ2v) is 10.1. The highest BCUT2D eigenvalue weighted by molar-refractivity contribution is 7.14. The lowest BCUT2D eigenvalue weighted by atomic mass is 9.89. The average molecular weight is 538 g/mol. The number of rotatable bonds is 7. The van der Waals surface area contributed by atoms with E-state index >= 15 is 0 Å². The van der Waals surface area contributed by atoms with Crippen molar-refractivity contribution in [3.8, 4) is 21.6 Å². The molecule has 9 heteroatoms. The molecule has 0 radical (unpaired) electrons. The van der Waals surface area contributed by atoms with Crippen molar-refractivity contribution in [2.24, 2.45) is 0 Å². The van der Waals surface area contributed by atoms with Gasteiger partial charge in [-0.2, -0.15) is 4.39 Å². The molecule has 0 bridgehead atoms. The van der Waals surface area contributed by atoms with E-state index < -0.39 is 40.3 Å². The molecular formula is C29H22F3NO4S. The van der Waals surface area contributed by atoms with Gasteiger partial charge in [-0.15, -0.1) is 11.3 Å². The molecule has 194 valence electrons. The quantitative estimate of drug-likeness (QED) is 0.251. The maximum Gasteiger partial charge on any atom is 0.412 e. The van der Waals surface area contributed by atoms with E-state index in [0.29, 0.717) is 34.9 Å². The molecule has 1 aliphatic rings. The summed E-state index contributed by atoms with van der Waals surface area (Å²) >= 11 is 0.800. The molecule has 4 aromatic rings. The molecule has 1 heterocycles. The number of carbonyl (C=O) groups is 2. The van der Waals surface area contributed by atoms with Crippen molar-refractivity contribution in [1.29, 1.82) is 0 Å². The third-order valence-electron chi connectivity index (χ3n) is 6.68. The van der Waals surface area contributed by atoms with E-state index in [4.69, 9.17) is 4.74 Å². The Labute approximate surface area is 220 Å². The number of carboxylic acid groups (broad SMARTS) is 1. The summed E-state index contributed by atoms with van der Waals surface area (Å²) in [6.07, 6.45) is -1.00. The number of nitrogens with one attached hydrogen (secondary N) is 1. The number of halogens is 3. The number of ether oxygens (including phenoxy) is 1. The van der Waals surface area contributed by atoms with Gasteiger partial charge in [0.25, 0.3) is 0 Å². The monoisotopic (exact) mass is 537 g/mol. The first kappa shape index (κ1) is 25.5. The first-order valence-electron chi connectivity index (χ1n) is 11.8. The predicted octanol–water partition coefficient (Wildman–Crippen LogP) is 7.93. The van der Waals surface area contributed by atoms with Gasteiger partial charge < -0.3 is 9.84 Å². The highest BCUT2D eigenvalue weighted by Gasteiger charge is 2.52. The largest absolute Gasteiger partial charge is 0.481 e. The predicted molar refractivity (Wildman–Crippen MR) is 139 cm³/mol. The second-order valence-electron chi connectivity index (χ2n) is 9.15. The number of hydrogen-bond acceptors (Lipinski definition) is 4. The normalized spacial score (nSPS) is 14.5. The first-order valence-corrected chi connectivity index (χ1v) is 12.7. The van der Waals surface area contributed by atoms with E-state index in [0.717, 1.165) is 34.6 Å². The molecule has 3 aromatic carbocycles. The van der Waals surface area contributed by atoms with Crippen LogP contribution in [0.3, 0.4) is 0 Å². The van der Waals surface area contributed by atoms with Crippen molar-refractivity contribution < 1.29 is 32.6 Å². The van der Waals surface area contributed by atoms with Crippen LogP contribution in [0, 0.1) is 16.8 Å². The Bertz CT molecular complexity index is 1530. The SMILES string of the molecule is CC(OC(=O)Nc1cc(F)sc1-c1cc(C2(C(=O)O)CC2)ccc1-c1ccccc1)c1ccc(F)cc1F. The van der Waals surface area contributed by atoms with Crippen LogP contribution in [0.15, 0.2) is 72.8 Å². The summed E-state index contributed by atoms with van der Waals surface area (Å²) in [6.45, 7) is 1.43. The van der Waals surface area contributed by atoms with Crippen LogP contribution in [-0.4, -0.2) is 17.2 Å². The van der Waals surface area contributed by atoms with Gasteiger partial charge in [0, 0.05) is 23.3 Å². The van der Waals surface area contributed by atoms with Crippen molar-refractivity contribution >= 4 is 29.1 Å². The van der Waals surface area contributed by atoms with Gasteiger partial charge in [0.2, 0.25) is 0 Å². The van der Waals surface area contributed by atoms with Gasteiger partial charge in [0.05, 0.1) is 16.0 Å². The molecule has 5 nitrogen and oxygen atoms in total. The number of carbonyl (C=O) groups excluding carboxylic acids is 1. The van der Waals surface area contributed by atoms with Gasteiger partial charge in [0.15, 0.2) is 5.13 Å². The molecule has 5 rings (SSSR count). The van der Waals surface area contributed by atoms with E-state index in [1.54, 1.807) is 12.1 Å². The molecule has 1 aromatic heterocycles. The zero-order valence-corrected chi connectivity index (χ0v) is 21.0. The van der Waals surface area contributed by atoms with Gasteiger partial charge in [-0.25, -0.2) is 13.6 Å². The molecular weight excluding hydrogens is 515 g/mol. The number of anilines is 1. The van der Waals surface area contributed by atoms with Crippen LogP contribution in [0.4, 0.5) is 23.7 Å². The fourth-order valence-electron chi connectivity index (χ4n) is 4.50. The van der Waals surface area contributed by atoms with Crippen LogP contribution in [0.5, 0.6) is 0 Å². The van der Waals surface area contributed by atoms with Crippen LogP contribution in [-0.2, 0) is 14.9 Å². The summed E-state index contributed by atoms with van der Waals surface area (Å²) in [6, 6.07) is 18.7. The Hall–Kier alpha value is -4.11. The van der Waals surface area contributed by atoms with Gasteiger partial charge >= 0.3 is 12.1 Å². The van der Waals surface area contributed by atoms with Gasteiger partial charge in [0.1, 0.15) is 17.7 Å². The molecule has 38 heavy (non-hydrogen) atoms. The third kappa shape index (κ3) is 4.89. The highest BCUT2D eigenvalue weighted by atomic mass is 32.1. The maximum atomic E-state index is 14.6. The van der Waals surface area contributed by atoms with Crippen LogP contribution in [0.2, 0.25) is 0 Å². The number of hydrogen-bond donors (Lipinski definition) is 2. The fourth-order valence-corrected chi connectivity index (χ4v) is 5.37. The van der Waals surface area contributed by atoms with Gasteiger partial charge in [-0.3, -0.25) is 10.1 Å². The topological polar surface area (TPSA) is 75.6 Å². The number of benzene rings is 3. The summed E-state index contributed by atoms with van der Waals surface area (Å²) in [5.74, 6) is -2.53. The van der Waals surface area contributed by atoms with E-state index in [1.807, 2.05) is 36.4 Å². The lowest BCUT2D eigenvalue weighted by Gasteiger charge is -2.17. The Kier molecular flexibility index (Phi) is 6.71. The minimum Gasteiger partial charge on any atom is -0.481 e. The van der Waals surface area contributed by atoms with E-state index in [9.17, 15) is 27.9 Å². The Morgan fingerprint density at radius 3 is 2.37 bits per heavy atom. The molecule has 2 N–H and O–H groups in total. The minimum atomic E-state index is -1.05. The first-order chi connectivity index (χ1) is 18.2. The maximum absolute atomic E-state index is 14.6. The molecule has 1 atom stereocenters. The molecule has 0 saturated heterocycles. The van der Waals surface area contributed by atoms with Crippen LogP contribution in [0.1, 0.15) is 37.0 Å². The van der Waals surface area contributed by atoms with Crippen molar-refractivity contribution in [3.63, 3.8) is 0 Å². The Balaban J connectivity index is 1.50. The average Bonchev–Trinajstić information content (AvgIpc) is 3.62. The molecule has 1 saturated carbocycles. The van der Waals surface area contributed by atoms with E-state index in [-0.39, 0.29) is 11.3 Å². The summed E-state index contributed by atoms with van der Waals surface area (Å²) < 4.78 is 47.3. The number of thiophene rings is 1. The van der Waals surface area contributed by atoms with E-state index in [2.05, 4.69) is 5.32 Å². The Morgan fingerprint density at radius 2 is 1.71 bits per heavy atom. The number of amides is 1. The number of carboxylic acids is 1. The van der Waals surface area contributed by atoms with Crippen LogP contribution < -0.4 is 5.32 Å². The lowest BCUT2D eigenvalue weighted by Crippen LogP contribution is -2.19. The molecule has 1 aliphatic carbocycles. The zero-order valence-electron chi connectivity index (χ0n) is 20.1. The minimum absolute atomic E-state index is 0.0132. The van der Waals surface area contributed by atoms with Gasteiger partial charge in [-0.05, 0) is 54.7 Å². The van der Waals surface area contributed by atoms with Gasteiger partial charge in [-0.1, -0.05) is 42.5 Å². The molecule has 0 aliphatic heterocycles. The Morgan fingerprint density at radius 1 is 0.974 bits per heavy atom. The lowest BCUT2D eigenvalue weighted by molar-refractivity contribution is -0.140. The third-order valence-corrected chi connectivity index (χ3v) is 7.64. The van der Waals surface area contributed by atoms with Crippen LogP contribution in [0.25, 0.3) is 21.6 Å². The summed E-state index contributed by atoms with van der Waals surface area (Å²) in [4.78, 5) is 25.1. The van der Waals surface area contributed by atoms with Crippen molar-refractivity contribution in [3.05, 3.63) is 101 Å². The van der Waals surface area contributed by atoms with Crippen LogP contribution >= 0.6 is 11.3 Å². The molecule has 1 fully saturated rings. The second kappa shape index (κ2) is 9.98.